The number of imidazole rings is 1. The Labute approximate surface area is 217 Å². The lowest BCUT2D eigenvalue weighted by molar-refractivity contribution is -0.129. The molecule has 1 amide bonds. The van der Waals surface area contributed by atoms with Crippen molar-refractivity contribution in [2.75, 3.05) is 44.8 Å². The van der Waals surface area contributed by atoms with E-state index in [9.17, 15) is 9.90 Å². The van der Waals surface area contributed by atoms with Gasteiger partial charge in [0.25, 0.3) is 0 Å². The SMILES string of the molecule is CCn1c(CN(C)CCCCCC(=O)NO)nc2c(N3CCOCC3)nc(-c3cccc(CO)c3)nc21. The quantitative estimate of drug-likeness (QED) is 0.191. The number of aromatic nitrogens is 4. The number of ether oxygens (including phenoxy) is 1. The molecule has 0 spiro atoms. The average molecular weight is 512 g/mol. The number of hydrogen-bond acceptors (Lipinski definition) is 9. The summed E-state index contributed by atoms with van der Waals surface area (Å²) in [4.78, 5) is 30.6. The number of nitrogens with one attached hydrogen (secondary N) is 1. The molecule has 0 atom stereocenters. The third kappa shape index (κ3) is 6.61. The van der Waals surface area contributed by atoms with Gasteiger partial charge in [-0.25, -0.2) is 20.4 Å². The fourth-order valence-corrected chi connectivity index (χ4v) is 4.64. The van der Waals surface area contributed by atoms with Crippen molar-refractivity contribution in [3.05, 3.63) is 35.7 Å². The molecule has 3 aromatic rings. The molecule has 0 unspecified atom stereocenters. The zero-order valence-corrected chi connectivity index (χ0v) is 21.7. The molecule has 1 aromatic carbocycles. The van der Waals surface area contributed by atoms with Crippen LogP contribution < -0.4 is 10.4 Å². The molecule has 0 saturated carbocycles. The summed E-state index contributed by atoms with van der Waals surface area (Å²) in [7, 11) is 2.07. The van der Waals surface area contributed by atoms with Crippen LogP contribution in [0.25, 0.3) is 22.6 Å². The van der Waals surface area contributed by atoms with Crippen molar-refractivity contribution in [1.29, 1.82) is 0 Å². The average Bonchev–Trinajstić information content (AvgIpc) is 3.29. The molecular formula is C26H37N7O4. The topological polar surface area (TPSA) is 129 Å². The molecule has 4 rings (SSSR count). The fourth-order valence-electron chi connectivity index (χ4n) is 4.64. The van der Waals surface area contributed by atoms with E-state index < -0.39 is 0 Å². The van der Waals surface area contributed by atoms with Crippen LogP contribution >= 0.6 is 0 Å². The van der Waals surface area contributed by atoms with E-state index in [0.717, 1.165) is 79.4 Å². The number of unbranched alkanes of at least 4 members (excludes halogenated alkanes) is 2. The second kappa shape index (κ2) is 12.9. The molecule has 1 aliphatic heterocycles. The van der Waals surface area contributed by atoms with Gasteiger partial charge in [-0.2, -0.15) is 0 Å². The zero-order valence-electron chi connectivity index (χ0n) is 21.7. The molecule has 2 aromatic heterocycles. The number of carbonyl (C=O) groups excluding carboxylic acids is 1. The molecule has 200 valence electrons. The molecular weight excluding hydrogens is 474 g/mol. The van der Waals surface area contributed by atoms with Gasteiger partial charge in [-0.15, -0.1) is 0 Å². The second-order valence-electron chi connectivity index (χ2n) is 9.36. The van der Waals surface area contributed by atoms with Gasteiger partial charge in [-0.05, 0) is 45.0 Å². The number of hydroxylamine groups is 1. The predicted octanol–water partition coefficient (Wildman–Crippen LogP) is 2.34. The van der Waals surface area contributed by atoms with Crippen molar-refractivity contribution in [2.45, 2.75) is 52.3 Å². The minimum absolute atomic E-state index is 0.0373. The Morgan fingerprint density at radius 1 is 1.16 bits per heavy atom. The fraction of sp³-hybridized carbons (Fsp3) is 0.538. The van der Waals surface area contributed by atoms with Gasteiger partial charge in [0.1, 0.15) is 5.82 Å². The smallest absolute Gasteiger partial charge is 0.243 e. The minimum atomic E-state index is -0.343. The predicted molar refractivity (Wildman–Crippen MR) is 140 cm³/mol. The first-order valence-electron chi connectivity index (χ1n) is 13.0. The molecule has 3 N–H and O–H groups in total. The van der Waals surface area contributed by atoms with Crippen molar-refractivity contribution in [3.63, 3.8) is 0 Å². The second-order valence-corrected chi connectivity index (χ2v) is 9.36. The monoisotopic (exact) mass is 511 g/mol. The van der Waals surface area contributed by atoms with E-state index in [2.05, 4.69) is 28.3 Å². The van der Waals surface area contributed by atoms with E-state index in [-0.39, 0.29) is 12.5 Å². The summed E-state index contributed by atoms with van der Waals surface area (Å²) in [6, 6.07) is 7.69. The van der Waals surface area contributed by atoms with Gasteiger partial charge in [-0.1, -0.05) is 24.6 Å². The summed E-state index contributed by atoms with van der Waals surface area (Å²) in [5.41, 5.74) is 4.96. The largest absolute Gasteiger partial charge is 0.392 e. The van der Waals surface area contributed by atoms with Gasteiger partial charge in [0.2, 0.25) is 5.91 Å². The maximum atomic E-state index is 11.2. The van der Waals surface area contributed by atoms with E-state index >= 15 is 0 Å². The summed E-state index contributed by atoms with van der Waals surface area (Å²) >= 11 is 0. The van der Waals surface area contributed by atoms with Crippen LogP contribution in [0.5, 0.6) is 0 Å². The molecule has 1 fully saturated rings. The van der Waals surface area contributed by atoms with Gasteiger partial charge >= 0.3 is 0 Å². The molecule has 0 bridgehead atoms. The highest BCUT2D eigenvalue weighted by molar-refractivity contribution is 5.86. The van der Waals surface area contributed by atoms with Crippen LogP contribution in [-0.4, -0.2) is 80.5 Å². The lowest BCUT2D eigenvalue weighted by Crippen LogP contribution is -2.37. The Bertz CT molecular complexity index is 1190. The number of anilines is 1. The number of benzene rings is 1. The van der Waals surface area contributed by atoms with Gasteiger partial charge in [0.15, 0.2) is 22.8 Å². The van der Waals surface area contributed by atoms with E-state index in [1.807, 2.05) is 24.3 Å². The summed E-state index contributed by atoms with van der Waals surface area (Å²) < 4.78 is 7.73. The first-order chi connectivity index (χ1) is 18.0. The van der Waals surface area contributed by atoms with Crippen molar-refractivity contribution in [2.24, 2.45) is 0 Å². The van der Waals surface area contributed by atoms with Crippen molar-refractivity contribution in [1.82, 2.24) is 29.9 Å². The molecule has 0 radical (unpaired) electrons. The Balaban J connectivity index is 1.61. The van der Waals surface area contributed by atoms with Crippen molar-refractivity contribution in [3.8, 4) is 11.4 Å². The lowest BCUT2D eigenvalue weighted by Gasteiger charge is -2.28. The first-order valence-corrected chi connectivity index (χ1v) is 13.0. The van der Waals surface area contributed by atoms with E-state index in [0.29, 0.717) is 32.0 Å². The molecule has 0 aliphatic carbocycles. The van der Waals surface area contributed by atoms with Crippen LogP contribution in [-0.2, 0) is 29.2 Å². The third-order valence-corrected chi connectivity index (χ3v) is 6.63. The number of aryl methyl sites for hydroxylation is 1. The lowest BCUT2D eigenvalue weighted by atomic mass is 10.1. The molecule has 3 heterocycles. The molecule has 11 heteroatoms. The van der Waals surface area contributed by atoms with Crippen LogP contribution in [0.4, 0.5) is 5.82 Å². The highest BCUT2D eigenvalue weighted by Gasteiger charge is 2.23. The Hall–Kier alpha value is -3.12. The summed E-state index contributed by atoms with van der Waals surface area (Å²) in [6.45, 7) is 7.09. The number of rotatable bonds is 12. The Morgan fingerprint density at radius 2 is 1.97 bits per heavy atom. The number of carbonyl (C=O) groups is 1. The summed E-state index contributed by atoms with van der Waals surface area (Å²) in [6.07, 6.45) is 2.93. The third-order valence-electron chi connectivity index (χ3n) is 6.63. The maximum absolute atomic E-state index is 11.2. The Kier molecular flexibility index (Phi) is 9.40. The highest BCUT2D eigenvalue weighted by Crippen LogP contribution is 2.29. The molecule has 37 heavy (non-hydrogen) atoms. The Morgan fingerprint density at radius 3 is 2.70 bits per heavy atom. The van der Waals surface area contributed by atoms with Crippen LogP contribution in [0.2, 0.25) is 0 Å². The van der Waals surface area contributed by atoms with Gasteiger partial charge in [0.05, 0.1) is 26.4 Å². The van der Waals surface area contributed by atoms with Crippen LogP contribution in [0.3, 0.4) is 0 Å². The van der Waals surface area contributed by atoms with Crippen LogP contribution in [0.15, 0.2) is 24.3 Å². The summed E-state index contributed by atoms with van der Waals surface area (Å²) in [5, 5.41) is 18.2. The van der Waals surface area contributed by atoms with Crippen molar-refractivity contribution < 1.29 is 19.8 Å². The molecule has 1 aliphatic rings. The van der Waals surface area contributed by atoms with Gasteiger partial charge in [-0.3, -0.25) is 14.9 Å². The van der Waals surface area contributed by atoms with E-state index in [4.69, 9.17) is 24.9 Å². The zero-order chi connectivity index (χ0) is 26.2. The normalized spacial score (nSPS) is 14.0. The number of hydrogen-bond donors (Lipinski definition) is 3. The highest BCUT2D eigenvalue weighted by atomic mass is 16.5. The molecule has 11 nitrogen and oxygen atoms in total. The van der Waals surface area contributed by atoms with E-state index in [1.165, 1.54) is 0 Å². The van der Waals surface area contributed by atoms with Crippen molar-refractivity contribution >= 4 is 22.9 Å². The standard InChI is InChI=1S/C26H37N7O4/c1-3-33-21(17-31(2)11-6-4-5-10-22(35)30-36)27-23-25(32-12-14-37-15-13-32)28-24(29-26(23)33)20-9-7-8-19(16-20)18-34/h7-9,16,34,36H,3-6,10-15,17-18H2,1-2H3,(H,30,35). The van der Waals surface area contributed by atoms with Gasteiger partial charge < -0.3 is 19.3 Å². The number of amides is 1. The minimum Gasteiger partial charge on any atom is -0.392 e. The van der Waals surface area contributed by atoms with Crippen LogP contribution in [0.1, 0.15) is 44.0 Å². The number of morpholine rings is 1. The number of nitrogens with zero attached hydrogens (tertiary/aromatic N) is 6. The van der Waals surface area contributed by atoms with Crippen LogP contribution in [0, 0.1) is 0 Å². The number of aliphatic hydroxyl groups excluding tert-OH is 1. The maximum Gasteiger partial charge on any atom is 0.243 e. The summed E-state index contributed by atoms with van der Waals surface area (Å²) in [5.74, 6) is 2.02. The molecule has 1 saturated heterocycles. The first kappa shape index (κ1) is 26.9. The number of fused-ring (bicyclic) bond motifs is 1. The van der Waals surface area contributed by atoms with E-state index in [1.54, 1.807) is 5.48 Å². The number of aliphatic hydroxyl groups is 1. The van der Waals surface area contributed by atoms with Gasteiger partial charge in [0, 0.05) is 31.6 Å².